The lowest BCUT2D eigenvalue weighted by molar-refractivity contribution is -0.142. The molecule has 1 rings (SSSR count). The molecule has 16 heavy (non-hydrogen) atoms. The third-order valence-electron chi connectivity index (χ3n) is 1.80. The molecule has 1 unspecified atom stereocenters. The first-order chi connectivity index (χ1) is 7.40. The summed E-state index contributed by atoms with van der Waals surface area (Å²) in [5.74, 6) is 0. The van der Waals surface area contributed by atoms with E-state index >= 15 is 0 Å². The maximum absolute atomic E-state index is 12.0. The van der Waals surface area contributed by atoms with Crippen LogP contribution in [0.2, 0.25) is 0 Å². The molecule has 1 heterocycles. The number of methoxy groups -OCH3 is 1. The van der Waals surface area contributed by atoms with E-state index in [0.717, 1.165) is 4.68 Å². The Balaban J connectivity index is 2.51. The molecule has 7 heteroatoms. The fourth-order valence-electron chi connectivity index (χ4n) is 1.28. The fraction of sp³-hybridized carbons (Fsp3) is 0.667. The van der Waals surface area contributed by atoms with Gasteiger partial charge in [-0.1, -0.05) is 0 Å². The quantitative estimate of drug-likeness (QED) is 0.850. The van der Waals surface area contributed by atoms with Gasteiger partial charge < -0.3 is 10.1 Å². The molecule has 0 bridgehead atoms. The number of nitrogens with zero attached hydrogens (tertiary/aromatic N) is 2. The van der Waals surface area contributed by atoms with Crippen molar-refractivity contribution in [2.24, 2.45) is 0 Å². The Bertz CT molecular complexity index is 324. The van der Waals surface area contributed by atoms with Crippen LogP contribution in [0.3, 0.4) is 0 Å². The van der Waals surface area contributed by atoms with Gasteiger partial charge in [0.15, 0.2) is 0 Å². The number of rotatable bonds is 5. The van der Waals surface area contributed by atoms with Gasteiger partial charge >= 0.3 is 6.18 Å². The summed E-state index contributed by atoms with van der Waals surface area (Å²) in [4.78, 5) is 0. The third kappa shape index (κ3) is 4.52. The summed E-state index contributed by atoms with van der Waals surface area (Å²) < 4.78 is 41.8. The number of halogens is 3. The summed E-state index contributed by atoms with van der Waals surface area (Å²) >= 11 is 0. The predicted molar refractivity (Wildman–Crippen MR) is 53.2 cm³/mol. The Hall–Kier alpha value is -1.24. The van der Waals surface area contributed by atoms with E-state index < -0.39 is 12.7 Å². The maximum Gasteiger partial charge on any atom is 0.408 e. The Labute approximate surface area is 91.4 Å². The van der Waals surface area contributed by atoms with Crippen molar-refractivity contribution in [2.75, 3.05) is 19.0 Å². The number of nitrogens with one attached hydrogen (secondary N) is 1. The molecule has 1 aromatic heterocycles. The molecule has 0 fully saturated rings. The van der Waals surface area contributed by atoms with E-state index in [1.54, 1.807) is 7.11 Å². The standard InChI is InChI=1S/C9H14F3N3O/c1-7(5-16-2)14-8-3-13-15(4-8)6-9(10,11)12/h3-4,7,14H,5-6H2,1-2H3. The highest BCUT2D eigenvalue weighted by Gasteiger charge is 2.28. The molecule has 1 aromatic rings. The molecule has 0 aliphatic carbocycles. The van der Waals surface area contributed by atoms with Crippen molar-refractivity contribution >= 4 is 5.69 Å². The predicted octanol–water partition coefficient (Wildman–Crippen LogP) is 1.89. The van der Waals surface area contributed by atoms with Crippen LogP contribution in [0.1, 0.15) is 6.92 Å². The zero-order valence-corrected chi connectivity index (χ0v) is 9.08. The van der Waals surface area contributed by atoms with Gasteiger partial charge in [0.25, 0.3) is 0 Å². The Morgan fingerprint density at radius 3 is 2.81 bits per heavy atom. The molecular weight excluding hydrogens is 223 g/mol. The first kappa shape index (κ1) is 12.8. The SMILES string of the molecule is COCC(C)Nc1cnn(CC(F)(F)F)c1. The lowest BCUT2D eigenvalue weighted by Crippen LogP contribution is -2.20. The summed E-state index contributed by atoms with van der Waals surface area (Å²) in [7, 11) is 1.56. The minimum Gasteiger partial charge on any atom is -0.383 e. The van der Waals surface area contributed by atoms with E-state index in [-0.39, 0.29) is 6.04 Å². The van der Waals surface area contributed by atoms with Crippen molar-refractivity contribution in [1.82, 2.24) is 9.78 Å². The molecule has 92 valence electrons. The van der Waals surface area contributed by atoms with Crippen LogP contribution in [-0.2, 0) is 11.3 Å². The molecule has 0 amide bonds. The zero-order valence-electron chi connectivity index (χ0n) is 9.08. The molecular formula is C9H14F3N3O. The van der Waals surface area contributed by atoms with E-state index in [4.69, 9.17) is 4.74 Å². The largest absolute Gasteiger partial charge is 0.408 e. The smallest absolute Gasteiger partial charge is 0.383 e. The minimum absolute atomic E-state index is 0.0218. The van der Waals surface area contributed by atoms with Gasteiger partial charge in [-0.25, -0.2) is 0 Å². The second-order valence-corrected chi connectivity index (χ2v) is 3.54. The molecule has 0 aromatic carbocycles. The van der Waals surface area contributed by atoms with Gasteiger partial charge in [-0.3, -0.25) is 4.68 Å². The van der Waals surface area contributed by atoms with Gasteiger partial charge in [0, 0.05) is 19.3 Å². The fourth-order valence-corrected chi connectivity index (χ4v) is 1.28. The Morgan fingerprint density at radius 2 is 2.25 bits per heavy atom. The summed E-state index contributed by atoms with van der Waals surface area (Å²) in [5, 5.41) is 6.58. The lowest BCUT2D eigenvalue weighted by Gasteiger charge is -2.11. The van der Waals surface area contributed by atoms with Crippen LogP contribution >= 0.6 is 0 Å². The van der Waals surface area contributed by atoms with Crippen molar-refractivity contribution in [3.8, 4) is 0 Å². The monoisotopic (exact) mass is 237 g/mol. The summed E-state index contributed by atoms with van der Waals surface area (Å²) in [6.45, 7) is 1.27. The lowest BCUT2D eigenvalue weighted by atomic mass is 10.3. The van der Waals surface area contributed by atoms with Crippen molar-refractivity contribution in [1.29, 1.82) is 0 Å². The number of hydrogen-bond acceptors (Lipinski definition) is 3. The number of aromatic nitrogens is 2. The molecule has 0 saturated heterocycles. The molecule has 0 saturated carbocycles. The van der Waals surface area contributed by atoms with Crippen molar-refractivity contribution in [3.63, 3.8) is 0 Å². The molecule has 1 N–H and O–H groups in total. The average molecular weight is 237 g/mol. The van der Waals surface area contributed by atoms with Gasteiger partial charge in [0.1, 0.15) is 6.54 Å². The number of alkyl halides is 3. The molecule has 4 nitrogen and oxygen atoms in total. The van der Waals surface area contributed by atoms with E-state index in [1.165, 1.54) is 12.4 Å². The van der Waals surface area contributed by atoms with Crippen LogP contribution in [0.4, 0.5) is 18.9 Å². The van der Waals surface area contributed by atoms with Crippen molar-refractivity contribution in [3.05, 3.63) is 12.4 Å². The Morgan fingerprint density at radius 1 is 1.56 bits per heavy atom. The van der Waals surface area contributed by atoms with Gasteiger partial charge in [-0.2, -0.15) is 18.3 Å². The second kappa shape index (κ2) is 5.20. The van der Waals surface area contributed by atoms with Gasteiger partial charge in [-0.15, -0.1) is 0 Å². The molecule has 0 aliphatic heterocycles. The first-order valence-corrected chi connectivity index (χ1v) is 4.75. The maximum atomic E-state index is 12.0. The van der Waals surface area contributed by atoms with E-state index in [1.807, 2.05) is 6.92 Å². The molecule has 0 aliphatic rings. The van der Waals surface area contributed by atoms with Crippen LogP contribution in [-0.4, -0.2) is 35.7 Å². The summed E-state index contributed by atoms with van der Waals surface area (Å²) in [6, 6.07) is 0.0218. The van der Waals surface area contributed by atoms with Crippen LogP contribution in [0.25, 0.3) is 0 Å². The summed E-state index contributed by atoms with van der Waals surface area (Å²) in [5.41, 5.74) is 0.550. The van der Waals surface area contributed by atoms with Gasteiger partial charge in [0.05, 0.1) is 18.5 Å². The van der Waals surface area contributed by atoms with Crippen molar-refractivity contribution in [2.45, 2.75) is 25.7 Å². The van der Waals surface area contributed by atoms with E-state index in [9.17, 15) is 13.2 Å². The van der Waals surface area contributed by atoms with Gasteiger partial charge in [0.2, 0.25) is 0 Å². The third-order valence-corrected chi connectivity index (χ3v) is 1.80. The zero-order chi connectivity index (χ0) is 12.2. The number of anilines is 1. The van der Waals surface area contributed by atoms with Crippen molar-refractivity contribution < 1.29 is 17.9 Å². The van der Waals surface area contributed by atoms with E-state index in [2.05, 4.69) is 10.4 Å². The second-order valence-electron chi connectivity index (χ2n) is 3.54. The van der Waals surface area contributed by atoms with Gasteiger partial charge in [-0.05, 0) is 6.92 Å². The first-order valence-electron chi connectivity index (χ1n) is 4.75. The molecule has 0 radical (unpaired) electrons. The van der Waals surface area contributed by atoms with Crippen LogP contribution in [0, 0.1) is 0 Å². The number of ether oxygens (including phenoxy) is 1. The van der Waals surface area contributed by atoms with E-state index in [0.29, 0.717) is 12.3 Å². The molecule has 1 atom stereocenters. The normalized spacial score (nSPS) is 13.8. The highest BCUT2D eigenvalue weighted by atomic mass is 19.4. The van der Waals surface area contributed by atoms with Crippen LogP contribution in [0.15, 0.2) is 12.4 Å². The average Bonchev–Trinajstić information content (AvgIpc) is 2.49. The highest BCUT2D eigenvalue weighted by Crippen LogP contribution is 2.18. The Kier molecular flexibility index (Phi) is 4.17. The molecule has 0 spiro atoms. The van der Waals surface area contributed by atoms with Crippen LogP contribution in [0.5, 0.6) is 0 Å². The highest BCUT2D eigenvalue weighted by molar-refractivity contribution is 5.39. The minimum atomic E-state index is -4.25. The topological polar surface area (TPSA) is 39.1 Å². The van der Waals surface area contributed by atoms with Crippen LogP contribution < -0.4 is 5.32 Å². The summed E-state index contributed by atoms with van der Waals surface area (Å²) in [6.07, 6.45) is -1.57. The number of hydrogen-bond donors (Lipinski definition) is 1.